The van der Waals surface area contributed by atoms with Gasteiger partial charge in [-0.15, -0.1) is 0 Å². The van der Waals surface area contributed by atoms with Crippen molar-refractivity contribution in [1.29, 1.82) is 0 Å². The predicted molar refractivity (Wildman–Crippen MR) is 61.8 cm³/mol. The first-order valence-corrected chi connectivity index (χ1v) is 6.06. The lowest BCUT2D eigenvalue weighted by Gasteiger charge is -2.46. The number of hydrogen-bond donors (Lipinski definition) is 1. The molecule has 1 aliphatic carbocycles. The lowest BCUT2D eigenvalue weighted by molar-refractivity contribution is -0.274. The molecule has 1 rings (SSSR count). The SMILES string of the molecule is CC(C)(C)N(C(=O)[O-])C1CCC(CN)CC1. The number of carbonyl (C=O) groups excluding carboxylic acids is 1. The van der Waals surface area contributed by atoms with Gasteiger partial charge in [0.05, 0.1) is 0 Å². The molecule has 4 nitrogen and oxygen atoms in total. The molecule has 0 bridgehead atoms. The summed E-state index contributed by atoms with van der Waals surface area (Å²) in [6.07, 6.45) is 2.83. The fraction of sp³-hybridized carbons (Fsp3) is 0.917. The first kappa shape index (κ1) is 13.3. The molecule has 0 radical (unpaired) electrons. The van der Waals surface area contributed by atoms with Crippen LogP contribution < -0.4 is 10.8 Å². The van der Waals surface area contributed by atoms with Crippen LogP contribution in [0.4, 0.5) is 4.79 Å². The normalized spacial score (nSPS) is 26.5. The molecule has 0 unspecified atom stereocenters. The van der Waals surface area contributed by atoms with Crippen molar-refractivity contribution < 1.29 is 9.90 Å². The van der Waals surface area contributed by atoms with Crippen LogP contribution in [0.2, 0.25) is 0 Å². The molecule has 4 heteroatoms. The van der Waals surface area contributed by atoms with Crippen LogP contribution in [0.15, 0.2) is 0 Å². The molecule has 1 saturated carbocycles. The number of hydrogen-bond acceptors (Lipinski definition) is 3. The molecule has 1 amide bonds. The maximum Gasteiger partial charge on any atom is 0.137 e. The highest BCUT2D eigenvalue weighted by atomic mass is 16.4. The molecule has 0 aromatic rings. The van der Waals surface area contributed by atoms with E-state index in [0.717, 1.165) is 25.7 Å². The molecular weight excluding hydrogens is 204 g/mol. The van der Waals surface area contributed by atoms with Gasteiger partial charge in [-0.25, -0.2) is 0 Å². The Morgan fingerprint density at radius 3 is 2.12 bits per heavy atom. The molecule has 0 aromatic heterocycles. The van der Waals surface area contributed by atoms with Crippen molar-refractivity contribution in [1.82, 2.24) is 4.90 Å². The third kappa shape index (κ3) is 3.11. The molecule has 0 heterocycles. The number of nitrogens with zero attached hydrogens (tertiary/aromatic N) is 1. The summed E-state index contributed by atoms with van der Waals surface area (Å²) in [7, 11) is 0. The van der Waals surface area contributed by atoms with Crippen molar-refractivity contribution in [2.45, 2.75) is 58.0 Å². The molecule has 0 spiro atoms. The largest absolute Gasteiger partial charge is 0.530 e. The average molecular weight is 227 g/mol. The Balaban J connectivity index is 2.65. The Morgan fingerprint density at radius 1 is 1.31 bits per heavy atom. The van der Waals surface area contributed by atoms with Crippen LogP contribution in [0.1, 0.15) is 46.5 Å². The van der Waals surface area contributed by atoms with E-state index in [1.54, 1.807) is 0 Å². The Kier molecular flexibility index (Phi) is 4.19. The van der Waals surface area contributed by atoms with Gasteiger partial charge in [0.15, 0.2) is 0 Å². The Labute approximate surface area is 97.8 Å². The summed E-state index contributed by atoms with van der Waals surface area (Å²) in [5.74, 6) is 0.569. The summed E-state index contributed by atoms with van der Waals surface area (Å²) in [5.41, 5.74) is 5.25. The van der Waals surface area contributed by atoms with E-state index >= 15 is 0 Å². The van der Waals surface area contributed by atoms with Crippen molar-refractivity contribution in [3.63, 3.8) is 0 Å². The van der Waals surface area contributed by atoms with Crippen molar-refractivity contribution >= 4 is 6.09 Å². The Hall–Kier alpha value is -0.770. The summed E-state index contributed by atoms with van der Waals surface area (Å²) < 4.78 is 0. The van der Waals surface area contributed by atoms with Gasteiger partial charge < -0.3 is 20.5 Å². The number of nitrogens with two attached hydrogens (primary N) is 1. The summed E-state index contributed by atoms with van der Waals surface area (Å²) in [4.78, 5) is 12.7. The molecule has 0 aliphatic heterocycles. The summed E-state index contributed by atoms with van der Waals surface area (Å²) in [5, 5.41) is 11.2. The van der Waals surface area contributed by atoms with Crippen molar-refractivity contribution in [2.24, 2.45) is 11.7 Å². The van der Waals surface area contributed by atoms with E-state index < -0.39 is 6.09 Å². The first-order chi connectivity index (χ1) is 7.36. The highest BCUT2D eigenvalue weighted by molar-refractivity contribution is 5.64. The number of carbonyl (C=O) groups is 1. The highest BCUT2D eigenvalue weighted by Crippen LogP contribution is 2.30. The van der Waals surface area contributed by atoms with E-state index in [1.807, 2.05) is 20.8 Å². The molecule has 94 valence electrons. The van der Waals surface area contributed by atoms with Crippen LogP contribution in [0.5, 0.6) is 0 Å². The number of rotatable bonds is 2. The molecule has 2 N–H and O–H groups in total. The third-order valence-electron chi connectivity index (χ3n) is 3.43. The van der Waals surface area contributed by atoms with Crippen molar-refractivity contribution in [2.75, 3.05) is 6.54 Å². The van der Waals surface area contributed by atoms with E-state index in [9.17, 15) is 9.90 Å². The molecule has 0 atom stereocenters. The van der Waals surface area contributed by atoms with Crippen LogP contribution in [-0.2, 0) is 0 Å². The van der Waals surface area contributed by atoms with Gasteiger partial charge in [0.1, 0.15) is 6.09 Å². The zero-order valence-electron chi connectivity index (χ0n) is 10.5. The smallest absolute Gasteiger partial charge is 0.137 e. The Morgan fingerprint density at radius 2 is 1.81 bits per heavy atom. The fourth-order valence-electron chi connectivity index (χ4n) is 2.61. The van der Waals surface area contributed by atoms with Crippen molar-refractivity contribution in [3.05, 3.63) is 0 Å². The van der Waals surface area contributed by atoms with E-state index in [2.05, 4.69) is 0 Å². The standard InChI is InChI=1S/C12H24N2O2/c1-12(2,3)14(11(15)16)10-6-4-9(8-13)5-7-10/h9-10H,4-8,13H2,1-3H3,(H,15,16)/p-1. The minimum absolute atomic E-state index is 0.104. The lowest BCUT2D eigenvalue weighted by atomic mass is 9.84. The number of carboxylic acid groups (broad SMARTS) is 1. The topological polar surface area (TPSA) is 69.4 Å². The van der Waals surface area contributed by atoms with E-state index in [1.165, 1.54) is 4.90 Å². The highest BCUT2D eigenvalue weighted by Gasteiger charge is 2.31. The maximum atomic E-state index is 11.2. The van der Waals surface area contributed by atoms with Crippen LogP contribution in [-0.4, -0.2) is 29.1 Å². The van der Waals surface area contributed by atoms with Crippen molar-refractivity contribution in [3.8, 4) is 0 Å². The van der Waals surface area contributed by atoms with Gasteiger partial charge in [-0.2, -0.15) is 0 Å². The van der Waals surface area contributed by atoms with Crippen LogP contribution >= 0.6 is 0 Å². The monoisotopic (exact) mass is 227 g/mol. The summed E-state index contributed by atoms with van der Waals surface area (Å²) in [6, 6.07) is 0.104. The van der Waals surface area contributed by atoms with Crippen LogP contribution in [0.3, 0.4) is 0 Å². The van der Waals surface area contributed by atoms with Gasteiger partial charge in [0.2, 0.25) is 0 Å². The van der Waals surface area contributed by atoms with Gasteiger partial charge in [-0.05, 0) is 58.9 Å². The Bertz CT molecular complexity index is 240. The summed E-state index contributed by atoms with van der Waals surface area (Å²) in [6.45, 7) is 6.46. The average Bonchev–Trinajstić information content (AvgIpc) is 2.16. The summed E-state index contributed by atoms with van der Waals surface area (Å²) >= 11 is 0. The molecule has 0 aromatic carbocycles. The minimum atomic E-state index is -1.05. The van der Waals surface area contributed by atoms with Crippen LogP contribution in [0.25, 0.3) is 0 Å². The quantitative estimate of drug-likeness (QED) is 0.763. The second-order valence-corrected chi connectivity index (χ2v) is 5.72. The predicted octanol–water partition coefficient (Wildman–Crippen LogP) is 0.948. The van der Waals surface area contributed by atoms with Gasteiger partial charge in [0, 0.05) is 11.6 Å². The maximum absolute atomic E-state index is 11.2. The van der Waals surface area contributed by atoms with Gasteiger partial charge in [-0.1, -0.05) is 0 Å². The van der Waals surface area contributed by atoms with Gasteiger partial charge in [0.25, 0.3) is 0 Å². The zero-order valence-corrected chi connectivity index (χ0v) is 10.5. The minimum Gasteiger partial charge on any atom is -0.530 e. The second-order valence-electron chi connectivity index (χ2n) is 5.72. The van der Waals surface area contributed by atoms with E-state index in [4.69, 9.17) is 5.73 Å². The zero-order chi connectivity index (χ0) is 12.3. The molecule has 1 aliphatic rings. The second kappa shape index (κ2) is 5.04. The molecule has 16 heavy (non-hydrogen) atoms. The molecular formula is C12H23N2O2-. The molecule has 0 saturated heterocycles. The van der Waals surface area contributed by atoms with E-state index in [-0.39, 0.29) is 11.6 Å². The van der Waals surface area contributed by atoms with Gasteiger partial charge >= 0.3 is 0 Å². The molecule has 1 fully saturated rings. The van der Waals surface area contributed by atoms with Crippen LogP contribution in [0, 0.1) is 5.92 Å². The van der Waals surface area contributed by atoms with E-state index in [0.29, 0.717) is 12.5 Å². The third-order valence-corrected chi connectivity index (χ3v) is 3.43. The lowest BCUT2D eigenvalue weighted by Crippen LogP contribution is -2.57. The number of amides is 1. The fourth-order valence-corrected chi connectivity index (χ4v) is 2.61. The first-order valence-electron chi connectivity index (χ1n) is 6.06. The van der Waals surface area contributed by atoms with Gasteiger partial charge in [-0.3, -0.25) is 0 Å².